The standard InChI is InChI=1S/C15H21ClN2O/c1-18-8-6-13(7-9-18)11-17-15(19)10-12-2-4-14(16)5-3-12/h2-5,13H,6-11H2,1H3,(H,17,19). The number of hydrogen-bond donors (Lipinski definition) is 1. The van der Waals surface area contributed by atoms with Crippen LogP contribution in [0, 0.1) is 5.92 Å². The lowest BCUT2D eigenvalue weighted by Crippen LogP contribution is -2.37. The van der Waals surface area contributed by atoms with Gasteiger partial charge in [0.25, 0.3) is 0 Å². The molecule has 0 aromatic heterocycles. The fourth-order valence-electron chi connectivity index (χ4n) is 2.37. The lowest BCUT2D eigenvalue weighted by molar-refractivity contribution is -0.120. The van der Waals surface area contributed by atoms with E-state index in [0.29, 0.717) is 17.4 Å². The van der Waals surface area contributed by atoms with Crippen molar-refractivity contribution in [3.05, 3.63) is 34.9 Å². The number of piperidine rings is 1. The molecule has 1 saturated heterocycles. The Morgan fingerprint density at radius 2 is 1.95 bits per heavy atom. The highest BCUT2D eigenvalue weighted by atomic mass is 35.5. The van der Waals surface area contributed by atoms with Gasteiger partial charge in [0.15, 0.2) is 0 Å². The number of likely N-dealkylation sites (tertiary alicyclic amines) is 1. The third kappa shape index (κ3) is 4.84. The predicted molar refractivity (Wildman–Crippen MR) is 78.4 cm³/mol. The Labute approximate surface area is 119 Å². The van der Waals surface area contributed by atoms with Crippen molar-refractivity contribution in [1.29, 1.82) is 0 Å². The van der Waals surface area contributed by atoms with Crippen molar-refractivity contribution < 1.29 is 4.79 Å². The molecule has 1 aliphatic heterocycles. The molecular formula is C15H21ClN2O. The van der Waals surface area contributed by atoms with Crippen LogP contribution in [0.3, 0.4) is 0 Å². The zero-order valence-corrected chi connectivity index (χ0v) is 12.1. The minimum atomic E-state index is 0.0984. The first-order valence-corrected chi connectivity index (χ1v) is 7.21. The number of carbonyl (C=O) groups excluding carboxylic acids is 1. The second-order valence-corrected chi connectivity index (χ2v) is 5.79. The fraction of sp³-hybridized carbons (Fsp3) is 0.533. The third-order valence-electron chi connectivity index (χ3n) is 3.70. The van der Waals surface area contributed by atoms with Gasteiger partial charge in [0, 0.05) is 11.6 Å². The van der Waals surface area contributed by atoms with Crippen molar-refractivity contribution in [3.63, 3.8) is 0 Å². The highest BCUT2D eigenvalue weighted by Crippen LogP contribution is 2.15. The van der Waals surface area contributed by atoms with Gasteiger partial charge in [-0.3, -0.25) is 4.79 Å². The van der Waals surface area contributed by atoms with Crippen molar-refractivity contribution in [3.8, 4) is 0 Å². The molecule has 1 N–H and O–H groups in total. The van der Waals surface area contributed by atoms with Crippen LogP contribution in [-0.2, 0) is 11.2 Å². The molecule has 1 heterocycles. The quantitative estimate of drug-likeness (QED) is 0.918. The summed E-state index contributed by atoms with van der Waals surface area (Å²) in [6, 6.07) is 7.44. The van der Waals surface area contributed by atoms with E-state index in [4.69, 9.17) is 11.6 Å². The van der Waals surface area contributed by atoms with E-state index >= 15 is 0 Å². The lowest BCUT2D eigenvalue weighted by Gasteiger charge is -2.28. The molecule has 0 unspecified atom stereocenters. The van der Waals surface area contributed by atoms with Crippen LogP contribution in [0.25, 0.3) is 0 Å². The highest BCUT2D eigenvalue weighted by Gasteiger charge is 2.17. The molecule has 1 fully saturated rings. The number of benzene rings is 1. The Morgan fingerprint density at radius 3 is 2.58 bits per heavy atom. The molecule has 1 aromatic rings. The fourth-order valence-corrected chi connectivity index (χ4v) is 2.50. The van der Waals surface area contributed by atoms with Crippen molar-refractivity contribution in [2.24, 2.45) is 5.92 Å². The molecule has 1 aromatic carbocycles. The summed E-state index contributed by atoms with van der Waals surface area (Å²) < 4.78 is 0. The smallest absolute Gasteiger partial charge is 0.224 e. The van der Waals surface area contributed by atoms with Gasteiger partial charge >= 0.3 is 0 Å². The summed E-state index contributed by atoms with van der Waals surface area (Å²) in [5.74, 6) is 0.728. The molecular weight excluding hydrogens is 260 g/mol. The largest absolute Gasteiger partial charge is 0.356 e. The number of nitrogens with one attached hydrogen (secondary N) is 1. The van der Waals surface area contributed by atoms with Crippen molar-refractivity contribution in [1.82, 2.24) is 10.2 Å². The van der Waals surface area contributed by atoms with Crippen LogP contribution in [0.5, 0.6) is 0 Å². The molecule has 0 bridgehead atoms. The summed E-state index contributed by atoms with van der Waals surface area (Å²) in [6.07, 6.45) is 2.79. The topological polar surface area (TPSA) is 32.3 Å². The van der Waals surface area contributed by atoms with Gasteiger partial charge in [-0.2, -0.15) is 0 Å². The number of carbonyl (C=O) groups is 1. The van der Waals surface area contributed by atoms with E-state index in [0.717, 1.165) is 25.2 Å². The van der Waals surface area contributed by atoms with Crippen LogP contribution in [0.15, 0.2) is 24.3 Å². The molecule has 0 aliphatic carbocycles. The highest BCUT2D eigenvalue weighted by molar-refractivity contribution is 6.30. The maximum atomic E-state index is 11.8. The maximum absolute atomic E-state index is 11.8. The van der Waals surface area contributed by atoms with Crippen LogP contribution in [0.4, 0.5) is 0 Å². The molecule has 0 radical (unpaired) electrons. The second-order valence-electron chi connectivity index (χ2n) is 5.35. The number of amides is 1. The van der Waals surface area contributed by atoms with E-state index in [1.165, 1.54) is 12.8 Å². The minimum Gasteiger partial charge on any atom is -0.356 e. The molecule has 0 saturated carbocycles. The van der Waals surface area contributed by atoms with Crippen LogP contribution in [0.2, 0.25) is 5.02 Å². The monoisotopic (exact) mass is 280 g/mol. The Morgan fingerprint density at radius 1 is 1.32 bits per heavy atom. The molecule has 4 heteroatoms. The Kier molecular flexibility index (Phi) is 5.23. The summed E-state index contributed by atoms with van der Waals surface area (Å²) in [4.78, 5) is 14.2. The summed E-state index contributed by atoms with van der Waals surface area (Å²) in [5, 5.41) is 3.74. The van der Waals surface area contributed by atoms with Gasteiger partial charge in [0.1, 0.15) is 0 Å². The van der Waals surface area contributed by atoms with Gasteiger partial charge in [-0.25, -0.2) is 0 Å². The summed E-state index contributed by atoms with van der Waals surface area (Å²) in [6.45, 7) is 3.08. The Hall–Kier alpha value is -1.06. The molecule has 104 valence electrons. The van der Waals surface area contributed by atoms with E-state index in [-0.39, 0.29) is 5.91 Å². The van der Waals surface area contributed by atoms with Gasteiger partial charge in [0.05, 0.1) is 6.42 Å². The van der Waals surface area contributed by atoms with Crippen LogP contribution in [0.1, 0.15) is 18.4 Å². The third-order valence-corrected chi connectivity index (χ3v) is 3.96. The van der Waals surface area contributed by atoms with Gasteiger partial charge < -0.3 is 10.2 Å². The van der Waals surface area contributed by atoms with Crippen LogP contribution < -0.4 is 5.32 Å². The van der Waals surface area contributed by atoms with Crippen LogP contribution in [-0.4, -0.2) is 37.5 Å². The van der Waals surface area contributed by atoms with E-state index < -0.39 is 0 Å². The van der Waals surface area contributed by atoms with Crippen molar-refractivity contribution in [2.45, 2.75) is 19.3 Å². The molecule has 3 nitrogen and oxygen atoms in total. The first-order chi connectivity index (χ1) is 9.13. The Bertz CT molecular complexity index is 411. The maximum Gasteiger partial charge on any atom is 0.224 e. The van der Waals surface area contributed by atoms with E-state index in [1.807, 2.05) is 24.3 Å². The van der Waals surface area contributed by atoms with Crippen LogP contribution >= 0.6 is 11.6 Å². The van der Waals surface area contributed by atoms with Gasteiger partial charge in [-0.15, -0.1) is 0 Å². The van der Waals surface area contributed by atoms with Gasteiger partial charge in [-0.05, 0) is 56.6 Å². The Balaban J connectivity index is 1.71. The first kappa shape index (κ1) is 14.4. The number of rotatable bonds is 4. The predicted octanol–water partition coefficient (Wildman–Crippen LogP) is 2.34. The minimum absolute atomic E-state index is 0.0984. The SMILES string of the molecule is CN1CCC(CNC(=O)Cc2ccc(Cl)cc2)CC1. The summed E-state index contributed by atoms with van der Waals surface area (Å²) >= 11 is 5.82. The zero-order chi connectivity index (χ0) is 13.7. The number of nitrogens with zero attached hydrogens (tertiary/aromatic N) is 1. The second kappa shape index (κ2) is 6.92. The average Bonchev–Trinajstić information content (AvgIpc) is 2.41. The lowest BCUT2D eigenvalue weighted by atomic mass is 9.97. The number of hydrogen-bond acceptors (Lipinski definition) is 2. The molecule has 1 amide bonds. The van der Waals surface area contributed by atoms with Gasteiger partial charge in [-0.1, -0.05) is 23.7 Å². The van der Waals surface area contributed by atoms with Crippen molar-refractivity contribution in [2.75, 3.05) is 26.7 Å². The summed E-state index contributed by atoms with van der Waals surface area (Å²) in [7, 11) is 2.15. The van der Waals surface area contributed by atoms with E-state index in [1.54, 1.807) is 0 Å². The molecule has 2 rings (SSSR count). The average molecular weight is 281 g/mol. The zero-order valence-electron chi connectivity index (χ0n) is 11.4. The molecule has 0 spiro atoms. The first-order valence-electron chi connectivity index (χ1n) is 6.83. The summed E-state index contributed by atoms with van der Waals surface area (Å²) in [5.41, 5.74) is 1.00. The molecule has 1 aliphatic rings. The normalized spacial score (nSPS) is 17.4. The molecule has 19 heavy (non-hydrogen) atoms. The number of halogens is 1. The van der Waals surface area contributed by atoms with E-state index in [2.05, 4.69) is 17.3 Å². The molecule has 0 atom stereocenters. The van der Waals surface area contributed by atoms with Crippen molar-refractivity contribution >= 4 is 17.5 Å². The van der Waals surface area contributed by atoms with E-state index in [9.17, 15) is 4.79 Å². The van der Waals surface area contributed by atoms with Gasteiger partial charge in [0.2, 0.25) is 5.91 Å².